The van der Waals surface area contributed by atoms with Gasteiger partial charge in [-0.1, -0.05) is 42.3 Å². The van der Waals surface area contributed by atoms with Crippen LogP contribution in [-0.4, -0.2) is 19.8 Å². The number of ether oxygens (including phenoxy) is 1. The molecule has 1 aliphatic carbocycles. The van der Waals surface area contributed by atoms with Gasteiger partial charge in [0.15, 0.2) is 0 Å². The van der Waals surface area contributed by atoms with Crippen LogP contribution in [0.3, 0.4) is 0 Å². The summed E-state index contributed by atoms with van der Waals surface area (Å²) in [5.41, 5.74) is 1.04. The van der Waals surface area contributed by atoms with E-state index in [1.165, 1.54) is 12.8 Å². The van der Waals surface area contributed by atoms with E-state index in [0.717, 1.165) is 18.5 Å². The summed E-state index contributed by atoms with van der Waals surface area (Å²) >= 11 is 12.5. The van der Waals surface area contributed by atoms with E-state index >= 15 is 0 Å². The zero-order valence-corrected chi connectivity index (χ0v) is 13.0. The molecule has 0 spiro atoms. The number of halogens is 2. The first-order valence-electron chi connectivity index (χ1n) is 6.89. The summed E-state index contributed by atoms with van der Waals surface area (Å²) in [5.74, 6) is 0.634. The first-order chi connectivity index (χ1) is 9.19. The number of benzene rings is 1. The van der Waals surface area contributed by atoms with E-state index in [2.05, 4.69) is 12.2 Å². The highest BCUT2D eigenvalue weighted by Crippen LogP contribution is 2.42. The molecule has 2 rings (SSSR count). The third kappa shape index (κ3) is 3.63. The molecule has 2 unspecified atom stereocenters. The average Bonchev–Trinajstić information content (AvgIpc) is 3.23. The third-order valence-electron chi connectivity index (χ3n) is 3.62. The molecule has 0 aromatic heterocycles. The molecule has 0 bridgehead atoms. The van der Waals surface area contributed by atoms with Gasteiger partial charge in [-0.15, -0.1) is 0 Å². The predicted octanol–water partition coefficient (Wildman–Crippen LogP) is 4.46. The lowest BCUT2D eigenvalue weighted by atomic mass is 9.97. The minimum absolute atomic E-state index is 0.114. The zero-order chi connectivity index (χ0) is 13.8. The fourth-order valence-corrected chi connectivity index (χ4v) is 2.91. The van der Waals surface area contributed by atoms with Gasteiger partial charge in [-0.2, -0.15) is 0 Å². The van der Waals surface area contributed by atoms with Crippen LogP contribution in [0.2, 0.25) is 10.0 Å². The molecule has 1 fully saturated rings. The van der Waals surface area contributed by atoms with Gasteiger partial charge in [-0.05, 0) is 43.4 Å². The van der Waals surface area contributed by atoms with Crippen molar-refractivity contribution >= 4 is 23.2 Å². The van der Waals surface area contributed by atoms with Crippen molar-refractivity contribution in [3.05, 3.63) is 33.8 Å². The summed E-state index contributed by atoms with van der Waals surface area (Å²) in [6, 6.07) is 5.92. The van der Waals surface area contributed by atoms with Crippen LogP contribution in [0, 0.1) is 5.92 Å². The standard InChI is InChI=1S/C15H21Cl2NO/c1-3-9-18-14(15(19-2)10-7-8-10)11-5-4-6-12(16)13(11)17/h4-6,10,14-15,18H,3,7-9H2,1-2H3. The van der Waals surface area contributed by atoms with E-state index in [1.807, 2.05) is 18.2 Å². The maximum Gasteiger partial charge on any atom is 0.0794 e. The van der Waals surface area contributed by atoms with Crippen molar-refractivity contribution < 1.29 is 4.74 Å². The Bertz CT molecular complexity index is 421. The van der Waals surface area contributed by atoms with E-state index in [4.69, 9.17) is 27.9 Å². The first-order valence-corrected chi connectivity index (χ1v) is 7.64. The monoisotopic (exact) mass is 301 g/mol. The van der Waals surface area contributed by atoms with Crippen molar-refractivity contribution in [2.45, 2.75) is 38.3 Å². The van der Waals surface area contributed by atoms with Crippen molar-refractivity contribution in [1.82, 2.24) is 5.32 Å². The summed E-state index contributed by atoms with van der Waals surface area (Å²) in [7, 11) is 1.78. The molecule has 2 atom stereocenters. The average molecular weight is 302 g/mol. The van der Waals surface area contributed by atoms with Gasteiger partial charge in [0.2, 0.25) is 0 Å². The molecule has 0 radical (unpaired) electrons. The minimum atomic E-state index is 0.114. The maximum atomic E-state index is 6.37. The second kappa shape index (κ2) is 6.94. The Hall–Kier alpha value is -0.280. The molecule has 1 aromatic rings. The highest BCUT2D eigenvalue weighted by molar-refractivity contribution is 6.42. The first kappa shape index (κ1) is 15.1. The highest BCUT2D eigenvalue weighted by atomic mass is 35.5. The molecule has 106 valence electrons. The number of methoxy groups -OCH3 is 1. The van der Waals surface area contributed by atoms with Crippen LogP contribution < -0.4 is 5.32 Å². The van der Waals surface area contributed by atoms with Gasteiger partial charge in [-0.25, -0.2) is 0 Å². The van der Waals surface area contributed by atoms with Crippen LogP contribution in [0.5, 0.6) is 0 Å². The Morgan fingerprint density at radius 3 is 2.68 bits per heavy atom. The summed E-state index contributed by atoms with van der Waals surface area (Å²) < 4.78 is 5.72. The van der Waals surface area contributed by atoms with Crippen LogP contribution in [0.4, 0.5) is 0 Å². The Morgan fingerprint density at radius 1 is 1.37 bits per heavy atom. The van der Waals surface area contributed by atoms with E-state index in [1.54, 1.807) is 7.11 Å². The van der Waals surface area contributed by atoms with Crippen LogP contribution >= 0.6 is 23.2 Å². The number of hydrogen-bond donors (Lipinski definition) is 1. The summed E-state index contributed by atoms with van der Waals surface area (Å²) in [6.45, 7) is 3.10. The molecule has 0 heterocycles. The van der Waals surface area contributed by atoms with E-state index in [9.17, 15) is 0 Å². The SMILES string of the molecule is CCCNC(c1cccc(Cl)c1Cl)C(OC)C1CC1. The molecule has 1 saturated carbocycles. The Morgan fingerprint density at radius 2 is 2.11 bits per heavy atom. The Labute approximate surface area is 125 Å². The lowest BCUT2D eigenvalue weighted by Crippen LogP contribution is -2.35. The van der Waals surface area contributed by atoms with Crippen molar-refractivity contribution in [2.75, 3.05) is 13.7 Å². The minimum Gasteiger partial charge on any atom is -0.379 e. The highest BCUT2D eigenvalue weighted by Gasteiger charge is 2.38. The molecule has 4 heteroatoms. The lowest BCUT2D eigenvalue weighted by Gasteiger charge is -2.28. The normalized spacial score (nSPS) is 18.3. The van der Waals surface area contributed by atoms with Crippen molar-refractivity contribution in [3.8, 4) is 0 Å². The number of rotatable bonds is 7. The summed E-state index contributed by atoms with van der Waals surface area (Å²) in [4.78, 5) is 0. The Kier molecular flexibility index (Phi) is 5.52. The van der Waals surface area contributed by atoms with Crippen molar-refractivity contribution in [3.63, 3.8) is 0 Å². The molecule has 1 N–H and O–H groups in total. The van der Waals surface area contributed by atoms with Crippen LogP contribution in [0.1, 0.15) is 37.8 Å². The number of nitrogens with one attached hydrogen (secondary N) is 1. The van der Waals surface area contributed by atoms with Gasteiger partial charge in [0.05, 0.1) is 22.2 Å². The van der Waals surface area contributed by atoms with Crippen LogP contribution in [0.15, 0.2) is 18.2 Å². The molecule has 0 aliphatic heterocycles. The second-order valence-corrected chi connectivity index (χ2v) is 5.90. The molecule has 0 amide bonds. The molecular weight excluding hydrogens is 281 g/mol. The fourth-order valence-electron chi connectivity index (χ4n) is 2.49. The molecular formula is C15H21Cl2NO. The van der Waals surface area contributed by atoms with Gasteiger partial charge >= 0.3 is 0 Å². The van der Waals surface area contributed by atoms with Crippen molar-refractivity contribution in [1.29, 1.82) is 0 Å². The smallest absolute Gasteiger partial charge is 0.0794 e. The van der Waals surface area contributed by atoms with Crippen LogP contribution in [-0.2, 0) is 4.74 Å². The predicted molar refractivity (Wildman–Crippen MR) is 81.0 cm³/mol. The quantitative estimate of drug-likeness (QED) is 0.803. The maximum absolute atomic E-state index is 6.37. The van der Waals surface area contributed by atoms with E-state index in [-0.39, 0.29) is 12.1 Å². The molecule has 1 aromatic carbocycles. The van der Waals surface area contributed by atoms with Gasteiger partial charge in [0, 0.05) is 7.11 Å². The molecule has 0 saturated heterocycles. The molecule has 19 heavy (non-hydrogen) atoms. The molecule has 2 nitrogen and oxygen atoms in total. The second-order valence-electron chi connectivity index (χ2n) is 5.11. The van der Waals surface area contributed by atoms with Crippen molar-refractivity contribution in [2.24, 2.45) is 5.92 Å². The number of hydrogen-bond acceptors (Lipinski definition) is 2. The lowest BCUT2D eigenvalue weighted by molar-refractivity contribution is 0.0507. The topological polar surface area (TPSA) is 21.3 Å². The summed E-state index contributed by atoms with van der Waals surface area (Å²) in [6.07, 6.45) is 3.72. The Balaban J connectivity index is 2.27. The van der Waals surface area contributed by atoms with Gasteiger partial charge in [0.1, 0.15) is 0 Å². The fraction of sp³-hybridized carbons (Fsp3) is 0.600. The van der Waals surface area contributed by atoms with E-state index in [0.29, 0.717) is 16.0 Å². The van der Waals surface area contributed by atoms with E-state index < -0.39 is 0 Å². The van der Waals surface area contributed by atoms with Crippen LogP contribution in [0.25, 0.3) is 0 Å². The zero-order valence-electron chi connectivity index (χ0n) is 11.5. The van der Waals surface area contributed by atoms with Gasteiger partial charge < -0.3 is 10.1 Å². The third-order valence-corrected chi connectivity index (χ3v) is 4.45. The largest absolute Gasteiger partial charge is 0.379 e. The van der Waals surface area contributed by atoms with Gasteiger partial charge in [-0.3, -0.25) is 0 Å². The molecule has 1 aliphatic rings. The van der Waals surface area contributed by atoms with Gasteiger partial charge in [0.25, 0.3) is 0 Å². The summed E-state index contributed by atoms with van der Waals surface area (Å²) in [5, 5.41) is 4.80.